The zero-order valence-electron chi connectivity index (χ0n) is 10.6. The van der Waals surface area contributed by atoms with Gasteiger partial charge in [-0.15, -0.1) is 0 Å². The molecule has 0 aromatic rings. The van der Waals surface area contributed by atoms with Crippen LogP contribution in [0, 0.1) is 11.8 Å². The van der Waals surface area contributed by atoms with Crippen molar-refractivity contribution >= 4 is 0 Å². The van der Waals surface area contributed by atoms with E-state index in [1.807, 2.05) is 0 Å². The van der Waals surface area contributed by atoms with Crippen LogP contribution in [0.15, 0.2) is 0 Å². The van der Waals surface area contributed by atoms with Crippen molar-refractivity contribution in [3.8, 4) is 0 Å². The maximum absolute atomic E-state index is 12.2. The summed E-state index contributed by atoms with van der Waals surface area (Å²) in [5.41, 5.74) is 6.00. The van der Waals surface area contributed by atoms with Crippen LogP contribution in [-0.2, 0) is 0 Å². The van der Waals surface area contributed by atoms with Gasteiger partial charge in [0, 0.05) is 12.6 Å². The van der Waals surface area contributed by atoms with Crippen molar-refractivity contribution in [2.24, 2.45) is 17.6 Å². The first-order chi connectivity index (χ1) is 7.81. The van der Waals surface area contributed by atoms with Gasteiger partial charge < -0.3 is 5.73 Å². The summed E-state index contributed by atoms with van der Waals surface area (Å²) in [6, 6.07) is 0.0634. The molecule has 0 bridgehead atoms. The van der Waals surface area contributed by atoms with Crippen molar-refractivity contribution in [3.05, 3.63) is 0 Å². The molecular formula is C12H23F3N2. The number of nitrogens with zero attached hydrogens (tertiary/aromatic N) is 1. The lowest BCUT2D eigenvalue weighted by molar-refractivity contribution is -0.144. The molecular weight excluding hydrogens is 229 g/mol. The molecule has 2 nitrogen and oxygen atoms in total. The lowest BCUT2D eigenvalue weighted by atomic mass is 9.77. The smallest absolute Gasteiger partial charge is 0.327 e. The molecule has 1 aliphatic carbocycles. The first-order valence-electron chi connectivity index (χ1n) is 6.32. The molecule has 0 aromatic heterocycles. The lowest BCUT2D eigenvalue weighted by Crippen LogP contribution is -2.44. The molecule has 1 aliphatic rings. The molecule has 102 valence electrons. The van der Waals surface area contributed by atoms with E-state index in [4.69, 9.17) is 5.73 Å². The lowest BCUT2D eigenvalue weighted by Gasteiger charge is -2.36. The summed E-state index contributed by atoms with van der Waals surface area (Å²) >= 11 is 0. The molecule has 1 saturated carbocycles. The zero-order chi connectivity index (χ0) is 13.1. The molecule has 0 spiro atoms. The highest BCUT2D eigenvalue weighted by molar-refractivity contribution is 4.84. The number of hydrogen-bond acceptors (Lipinski definition) is 2. The van der Waals surface area contributed by atoms with Crippen LogP contribution in [-0.4, -0.2) is 37.3 Å². The van der Waals surface area contributed by atoms with Crippen LogP contribution >= 0.6 is 0 Å². The van der Waals surface area contributed by atoms with Crippen molar-refractivity contribution in [1.82, 2.24) is 4.90 Å². The van der Waals surface area contributed by atoms with Gasteiger partial charge in [-0.1, -0.05) is 13.3 Å². The fourth-order valence-corrected chi connectivity index (χ4v) is 2.74. The molecule has 0 aromatic carbocycles. The highest BCUT2D eigenvalue weighted by Crippen LogP contribution is 2.31. The van der Waals surface area contributed by atoms with Crippen LogP contribution in [0.5, 0.6) is 0 Å². The molecule has 0 saturated heterocycles. The molecule has 5 heteroatoms. The molecule has 0 amide bonds. The van der Waals surface area contributed by atoms with Gasteiger partial charge in [-0.05, 0) is 38.1 Å². The molecule has 3 unspecified atom stereocenters. The van der Waals surface area contributed by atoms with Gasteiger partial charge >= 0.3 is 6.18 Å². The highest BCUT2D eigenvalue weighted by Gasteiger charge is 2.32. The summed E-state index contributed by atoms with van der Waals surface area (Å²) in [6.07, 6.45) is 0.0317. The Labute approximate surface area is 101 Å². The third kappa shape index (κ3) is 5.25. The summed E-state index contributed by atoms with van der Waals surface area (Å²) in [5.74, 6) is 0.847. The molecule has 3 atom stereocenters. The summed E-state index contributed by atoms with van der Waals surface area (Å²) in [6.45, 7) is 1.75. The van der Waals surface area contributed by atoms with E-state index in [1.165, 1.54) is 11.9 Å². The molecule has 1 rings (SSSR count). The van der Waals surface area contributed by atoms with E-state index in [-0.39, 0.29) is 12.0 Å². The summed E-state index contributed by atoms with van der Waals surface area (Å²) in [5, 5.41) is 0. The van der Waals surface area contributed by atoms with Gasteiger partial charge in [0.05, 0.1) is 6.54 Å². The van der Waals surface area contributed by atoms with Gasteiger partial charge in [-0.25, -0.2) is 0 Å². The second-order valence-electron chi connectivity index (χ2n) is 5.32. The molecule has 17 heavy (non-hydrogen) atoms. The van der Waals surface area contributed by atoms with E-state index in [0.29, 0.717) is 12.5 Å². The fraction of sp³-hybridized carbons (Fsp3) is 1.00. The summed E-state index contributed by atoms with van der Waals surface area (Å²) < 4.78 is 36.7. The fourth-order valence-electron chi connectivity index (χ4n) is 2.74. The minimum absolute atomic E-state index is 0.0634. The molecule has 0 aliphatic heterocycles. The van der Waals surface area contributed by atoms with Gasteiger partial charge in [0.1, 0.15) is 0 Å². The average molecular weight is 252 g/mol. The van der Waals surface area contributed by atoms with Crippen LogP contribution in [0.25, 0.3) is 0 Å². The van der Waals surface area contributed by atoms with E-state index < -0.39 is 12.7 Å². The van der Waals surface area contributed by atoms with Gasteiger partial charge in [-0.2, -0.15) is 13.2 Å². The molecule has 1 fully saturated rings. The number of rotatable bonds is 4. The number of hydrogen-bond donors (Lipinski definition) is 1. The quantitative estimate of drug-likeness (QED) is 0.833. The highest BCUT2D eigenvalue weighted by atomic mass is 19.4. The minimum atomic E-state index is -4.11. The Morgan fingerprint density at radius 1 is 1.29 bits per heavy atom. The Kier molecular flexibility index (Phi) is 5.25. The number of halogens is 3. The van der Waals surface area contributed by atoms with Crippen molar-refractivity contribution in [3.63, 3.8) is 0 Å². The Bertz CT molecular complexity index is 230. The van der Waals surface area contributed by atoms with Gasteiger partial charge in [0.25, 0.3) is 0 Å². The second-order valence-corrected chi connectivity index (χ2v) is 5.32. The van der Waals surface area contributed by atoms with E-state index >= 15 is 0 Å². The molecule has 0 radical (unpaired) electrons. The first kappa shape index (κ1) is 14.8. The zero-order valence-corrected chi connectivity index (χ0v) is 10.6. The number of alkyl halides is 3. The third-order valence-electron chi connectivity index (χ3n) is 3.72. The normalized spacial score (nSPS) is 30.9. The molecule has 2 N–H and O–H groups in total. The standard InChI is InChI=1S/C12H23F3N2/c1-3-9-4-5-11(16)10(6-9)7-17(2)8-12(13,14)15/h9-11H,3-8,16H2,1-2H3. The van der Waals surface area contributed by atoms with Crippen molar-refractivity contribution in [2.45, 2.75) is 44.8 Å². The van der Waals surface area contributed by atoms with Crippen LogP contribution in [0.3, 0.4) is 0 Å². The van der Waals surface area contributed by atoms with Gasteiger partial charge in [0.15, 0.2) is 0 Å². The monoisotopic (exact) mass is 252 g/mol. The maximum Gasteiger partial charge on any atom is 0.401 e. The topological polar surface area (TPSA) is 29.3 Å². The maximum atomic E-state index is 12.2. The third-order valence-corrected chi connectivity index (χ3v) is 3.72. The van der Waals surface area contributed by atoms with Gasteiger partial charge in [0.2, 0.25) is 0 Å². The van der Waals surface area contributed by atoms with Crippen molar-refractivity contribution in [1.29, 1.82) is 0 Å². The largest absolute Gasteiger partial charge is 0.401 e. The Balaban J connectivity index is 2.42. The Morgan fingerprint density at radius 3 is 2.47 bits per heavy atom. The molecule has 0 heterocycles. The van der Waals surface area contributed by atoms with Crippen molar-refractivity contribution < 1.29 is 13.2 Å². The first-order valence-corrected chi connectivity index (χ1v) is 6.32. The van der Waals surface area contributed by atoms with Crippen LogP contribution in [0.2, 0.25) is 0 Å². The van der Waals surface area contributed by atoms with E-state index in [2.05, 4.69) is 6.92 Å². The van der Waals surface area contributed by atoms with Gasteiger partial charge in [-0.3, -0.25) is 4.90 Å². The predicted octanol–water partition coefficient (Wildman–Crippen LogP) is 2.63. The number of nitrogens with two attached hydrogens (primary N) is 1. The van der Waals surface area contributed by atoms with E-state index in [0.717, 1.165) is 25.7 Å². The van der Waals surface area contributed by atoms with Crippen LogP contribution < -0.4 is 5.73 Å². The average Bonchev–Trinajstić information content (AvgIpc) is 2.18. The van der Waals surface area contributed by atoms with E-state index in [9.17, 15) is 13.2 Å². The summed E-state index contributed by atoms with van der Waals surface area (Å²) in [7, 11) is 1.52. The van der Waals surface area contributed by atoms with Crippen LogP contribution in [0.4, 0.5) is 13.2 Å². The predicted molar refractivity (Wildman–Crippen MR) is 62.6 cm³/mol. The SMILES string of the molecule is CCC1CCC(N)C(CN(C)CC(F)(F)F)C1. The second kappa shape index (κ2) is 6.05. The summed E-state index contributed by atoms with van der Waals surface area (Å²) in [4.78, 5) is 1.35. The van der Waals surface area contributed by atoms with Crippen LogP contribution in [0.1, 0.15) is 32.6 Å². The van der Waals surface area contributed by atoms with Crippen molar-refractivity contribution in [2.75, 3.05) is 20.1 Å². The Hall–Kier alpha value is -0.290. The Morgan fingerprint density at radius 2 is 1.94 bits per heavy atom. The minimum Gasteiger partial charge on any atom is -0.327 e. The van der Waals surface area contributed by atoms with E-state index in [1.54, 1.807) is 0 Å².